The van der Waals surface area contributed by atoms with Gasteiger partial charge in [-0.2, -0.15) is 13.9 Å². The number of pyridine rings is 1. The molecule has 0 aromatic carbocycles. The van der Waals surface area contributed by atoms with E-state index in [-0.39, 0.29) is 11.2 Å². The summed E-state index contributed by atoms with van der Waals surface area (Å²) >= 11 is 0. The van der Waals surface area contributed by atoms with Crippen LogP contribution in [-0.4, -0.2) is 14.8 Å². The lowest BCUT2D eigenvalue weighted by molar-refractivity contribution is 0.0613. The predicted molar refractivity (Wildman–Crippen MR) is 69.4 cm³/mol. The summed E-state index contributed by atoms with van der Waals surface area (Å²) in [6.45, 7) is 5.30. The number of rotatable bonds is 1. The Morgan fingerprint density at radius 2 is 1.89 bits per heavy atom. The third-order valence-electron chi connectivity index (χ3n) is 1.83. The topological polar surface area (TPSA) is 30.7 Å². The molecule has 0 N–H and O–H groups in total. The monoisotopic (exact) mass is 253 g/mol. The van der Waals surface area contributed by atoms with Crippen molar-refractivity contribution in [3.05, 3.63) is 24.2 Å². The Hall–Kier alpha value is -1.96. The fraction of sp³-hybridized carbons (Fsp3) is 0.385. The van der Waals surface area contributed by atoms with Crippen LogP contribution in [0.3, 0.4) is 0 Å². The first kappa shape index (κ1) is 16.0. The minimum atomic E-state index is -2.70. The second-order valence-electron chi connectivity index (χ2n) is 2.61. The number of fused-ring (bicyclic) bond motifs is 1. The minimum absolute atomic E-state index is 0.211. The van der Waals surface area contributed by atoms with Gasteiger partial charge in [-0.3, -0.25) is 4.98 Å². The number of nitrogens with zero attached hydrogens (tertiary/aromatic N) is 3. The molecule has 18 heavy (non-hydrogen) atoms. The zero-order valence-corrected chi connectivity index (χ0v) is 11.0. The van der Waals surface area contributed by atoms with Gasteiger partial charge in [0.2, 0.25) is 0 Å². The van der Waals surface area contributed by atoms with Gasteiger partial charge in [-0.05, 0) is 12.0 Å². The molecule has 0 unspecified atom stereocenters. The summed E-state index contributed by atoms with van der Waals surface area (Å²) < 4.78 is 25.5. The molecule has 0 aliphatic heterocycles. The summed E-state index contributed by atoms with van der Waals surface area (Å²) in [4.78, 5) is 3.74. The lowest BCUT2D eigenvalue weighted by atomic mass is 10.2. The number of hydrogen-bond acceptors (Lipinski definition) is 2. The average molecular weight is 253 g/mol. The van der Waals surface area contributed by atoms with Crippen molar-refractivity contribution in [1.82, 2.24) is 14.8 Å². The molecule has 0 saturated carbocycles. The van der Waals surface area contributed by atoms with Crippen molar-refractivity contribution in [2.75, 3.05) is 0 Å². The van der Waals surface area contributed by atoms with E-state index in [0.717, 1.165) is 0 Å². The van der Waals surface area contributed by atoms with Crippen molar-refractivity contribution in [3.63, 3.8) is 0 Å². The largest absolute Gasteiger partial charge is 0.333 e. The van der Waals surface area contributed by atoms with Gasteiger partial charge in [0.25, 0.3) is 0 Å². The van der Waals surface area contributed by atoms with E-state index in [1.165, 1.54) is 12.4 Å². The number of terminal acetylenes is 1. The lowest BCUT2D eigenvalue weighted by Crippen LogP contribution is -2.00. The van der Waals surface area contributed by atoms with Crippen molar-refractivity contribution < 1.29 is 8.78 Å². The van der Waals surface area contributed by atoms with Crippen LogP contribution in [0, 0.1) is 12.3 Å². The second-order valence-corrected chi connectivity index (χ2v) is 2.61. The zero-order chi connectivity index (χ0) is 14.1. The molecule has 0 saturated heterocycles. The molecule has 3 nitrogen and oxygen atoms in total. The molecule has 0 atom stereocenters. The van der Waals surface area contributed by atoms with Crippen LogP contribution in [-0.2, 0) is 0 Å². The smallest absolute Gasteiger partial charge is 0.262 e. The van der Waals surface area contributed by atoms with E-state index in [9.17, 15) is 8.78 Å². The van der Waals surface area contributed by atoms with Crippen molar-refractivity contribution >= 4 is 10.9 Å². The number of alkyl halides is 2. The molecule has 0 spiro atoms. The van der Waals surface area contributed by atoms with Crippen molar-refractivity contribution in [2.45, 2.75) is 34.2 Å². The zero-order valence-electron chi connectivity index (χ0n) is 11.0. The summed E-state index contributed by atoms with van der Waals surface area (Å²) in [6, 6.07) is 1.57. The van der Waals surface area contributed by atoms with Gasteiger partial charge in [0.15, 0.2) is 0 Å². The highest BCUT2D eigenvalue weighted by molar-refractivity contribution is 5.83. The third-order valence-corrected chi connectivity index (χ3v) is 1.83. The second kappa shape index (κ2) is 8.18. The highest BCUT2D eigenvalue weighted by Crippen LogP contribution is 2.21. The molecule has 98 valence electrons. The molecular weight excluding hydrogens is 236 g/mol. The van der Waals surface area contributed by atoms with Gasteiger partial charge in [-0.25, -0.2) is 4.68 Å². The van der Waals surface area contributed by atoms with E-state index in [4.69, 9.17) is 6.42 Å². The molecule has 0 amide bonds. The molecule has 0 radical (unpaired) electrons. The normalized spacial score (nSPS) is 9.00. The number of halogens is 2. The van der Waals surface area contributed by atoms with E-state index in [2.05, 4.69) is 16.0 Å². The summed E-state index contributed by atoms with van der Waals surface area (Å²) in [5, 5.41) is 4.11. The Kier molecular flexibility index (Phi) is 7.29. The van der Waals surface area contributed by atoms with Gasteiger partial charge in [-0.1, -0.05) is 27.7 Å². The Morgan fingerprint density at radius 1 is 1.28 bits per heavy atom. The first-order chi connectivity index (χ1) is 8.74. The number of hydrogen-bond donors (Lipinski definition) is 0. The third kappa shape index (κ3) is 3.27. The van der Waals surface area contributed by atoms with Crippen LogP contribution in [0.25, 0.3) is 10.9 Å². The fourth-order valence-corrected chi connectivity index (χ4v) is 1.24. The summed E-state index contributed by atoms with van der Waals surface area (Å²) in [6.07, 6.45) is 7.94. The maximum Gasteiger partial charge on any atom is 0.333 e. The van der Waals surface area contributed by atoms with Crippen LogP contribution in [0.1, 0.15) is 39.9 Å². The van der Waals surface area contributed by atoms with Crippen LogP contribution >= 0.6 is 0 Å². The summed E-state index contributed by atoms with van der Waals surface area (Å²) in [5.41, 5.74) is 0.457. The van der Waals surface area contributed by atoms with Gasteiger partial charge in [-0.15, -0.1) is 6.42 Å². The highest BCUT2D eigenvalue weighted by atomic mass is 19.3. The van der Waals surface area contributed by atoms with E-state index in [1.54, 1.807) is 6.07 Å². The predicted octanol–water partition coefficient (Wildman–Crippen LogP) is 3.86. The van der Waals surface area contributed by atoms with E-state index in [1.807, 2.05) is 27.7 Å². The molecule has 2 heterocycles. The van der Waals surface area contributed by atoms with E-state index in [0.29, 0.717) is 10.1 Å². The van der Waals surface area contributed by atoms with Gasteiger partial charge in [0, 0.05) is 11.6 Å². The molecular formula is C13H17F2N3. The fourth-order valence-electron chi connectivity index (χ4n) is 1.24. The van der Waals surface area contributed by atoms with Gasteiger partial charge in [0.1, 0.15) is 5.69 Å². The van der Waals surface area contributed by atoms with E-state index < -0.39 is 6.55 Å². The first-order valence-electron chi connectivity index (χ1n) is 5.81. The van der Waals surface area contributed by atoms with Crippen molar-refractivity contribution in [3.8, 4) is 12.3 Å². The van der Waals surface area contributed by atoms with E-state index >= 15 is 0 Å². The molecule has 2 aromatic rings. The Morgan fingerprint density at radius 3 is 2.39 bits per heavy atom. The first-order valence-corrected chi connectivity index (χ1v) is 5.81. The highest BCUT2D eigenvalue weighted by Gasteiger charge is 2.14. The van der Waals surface area contributed by atoms with Crippen LogP contribution in [0.4, 0.5) is 8.78 Å². The van der Waals surface area contributed by atoms with Gasteiger partial charge < -0.3 is 0 Å². The van der Waals surface area contributed by atoms with Gasteiger partial charge >= 0.3 is 6.55 Å². The maximum absolute atomic E-state index is 12.5. The molecule has 5 heteroatoms. The SMILES string of the molecule is C#Cc1nn(C(F)F)c2cnccc12.CC.CC. The standard InChI is InChI=1S/C9H5F2N3.2C2H6/c1-2-7-6-3-4-12-5-8(6)14(13-7)9(10)11;2*1-2/h1,3-5,9H;2*1-2H3. The molecule has 0 bridgehead atoms. The number of aromatic nitrogens is 3. The minimum Gasteiger partial charge on any atom is -0.262 e. The van der Waals surface area contributed by atoms with Crippen molar-refractivity contribution in [2.24, 2.45) is 0 Å². The van der Waals surface area contributed by atoms with Crippen LogP contribution in [0.15, 0.2) is 18.5 Å². The molecule has 0 aliphatic carbocycles. The van der Waals surface area contributed by atoms with Crippen LogP contribution in [0.5, 0.6) is 0 Å². The van der Waals surface area contributed by atoms with Crippen LogP contribution < -0.4 is 0 Å². The average Bonchev–Trinajstić information content (AvgIpc) is 2.82. The Bertz CT molecular complexity index is 512. The van der Waals surface area contributed by atoms with Gasteiger partial charge in [0.05, 0.1) is 11.7 Å². The van der Waals surface area contributed by atoms with Crippen molar-refractivity contribution in [1.29, 1.82) is 0 Å². The Balaban J connectivity index is 0.000000659. The quantitative estimate of drug-likeness (QED) is 0.722. The summed E-state index contributed by atoms with van der Waals surface area (Å²) in [5.74, 6) is 2.25. The van der Waals surface area contributed by atoms with Crippen LogP contribution in [0.2, 0.25) is 0 Å². The molecule has 2 aromatic heterocycles. The lowest BCUT2D eigenvalue weighted by Gasteiger charge is -1.98. The molecule has 0 fully saturated rings. The Labute approximate surface area is 106 Å². The molecule has 0 aliphatic rings. The maximum atomic E-state index is 12.5. The summed E-state index contributed by atoms with van der Waals surface area (Å²) in [7, 11) is 0. The molecule has 2 rings (SSSR count).